The zero-order chi connectivity index (χ0) is 11.0. The maximum Gasteiger partial charge on any atom is 0.242 e. The molecule has 0 bridgehead atoms. The summed E-state index contributed by atoms with van der Waals surface area (Å²) in [6.45, 7) is 4.51. The average Bonchev–Trinajstić information content (AvgIpc) is 2.14. The van der Waals surface area contributed by atoms with E-state index in [9.17, 15) is 9.59 Å². The van der Waals surface area contributed by atoms with Crippen molar-refractivity contribution in [3.63, 3.8) is 0 Å². The Morgan fingerprint density at radius 1 is 1.36 bits per heavy atom. The Hall–Kier alpha value is -1.10. The van der Waals surface area contributed by atoms with E-state index in [1.165, 1.54) is 0 Å². The van der Waals surface area contributed by atoms with E-state index in [0.717, 1.165) is 6.42 Å². The van der Waals surface area contributed by atoms with Crippen molar-refractivity contribution in [2.24, 2.45) is 0 Å². The number of carbonyl (C=O) groups is 2. The number of carbonyl (C=O) groups excluding carboxylic acids is 2. The van der Waals surface area contributed by atoms with Crippen molar-refractivity contribution in [1.82, 2.24) is 16.0 Å². The first-order valence-corrected chi connectivity index (χ1v) is 4.83. The molecule has 0 aromatic rings. The van der Waals surface area contributed by atoms with Crippen LogP contribution in [0.3, 0.4) is 0 Å². The van der Waals surface area contributed by atoms with E-state index in [1.54, 1.807) is 14.0 Å². The van der Waals surface area contributed by atoms with Gasteiger partial charge in [-0.1, -0.05) is 6.92 Å². The zero-order valence-corrected chi connectivity index (χ0v) is 9.02. The van der Waals surface area contributed by atoms with Crippen LogP contribution >= 0.6 is 0 Å². The Morgan fingerprint density at radius 2 is 2.00 bits per heavy atom. The fraction of sp³-hybridized carbons (Fsp3) is 0.778. The Kier molecular flexibility index (Phi) is 6.74. The number of hydrogen-bond acceptors (Lipinski definition) is 3. The highest BCUT2D eigenvalue weighted by Crippen LogP contribution is 1.82. The van der Waals surface area contributed by atoms with Crippen molar-refractivity contribution >= 4 is 11.8 Å². The SMILES string of the molecule is CCCNC(=O)C(C)NC(=O)CNC. The number of nitrogens with one attached hydrogen (secondary N) is 3. The van der Waals surface area contributed by atoms with Gasteiger partial charge in [0.1, 0.15) is 6.04 Å². The van der Waals surface area contributed by atoms with E-state index >= 15 is 0 Å². The van der Waals surface area contributed by atoms with E-state index < -0.39 is 6.04 Å². The average molecular weight is 201 g/mol. The minimum atomic E-state index is -0.470. The topological polar surface area (TPSA) is 70.2 Å². The lowest BCUT2D eigenvalue weighted by Crippen LogP contribution is -2.47. The van der Waals surface area contributed by atoms with Crippen molar-refractivity contribution in [1.29, 1.82) is 0 Å². The van der Waals surface area contributed by atoms with E-state index in [1.807, 2.05) is 6.92 Å². The van der Waals surface area contributed by atoms with Gasteiger partial charge in [0.25, 0.3) is 0 Å². The summed E-state index contributed by atoms with van der Waals surface area (Å²) in [4.78, 5) is 22.4. The number of amides is 2. The summed E-state index contributed by atoms with van der Waals surface area (Å²) in [5, 5.41) is 7.99. The van der Waals surface area contributed by atoms with E-state index in [4.69, 9.17) is 0 Å². The zero-order valence-electron chi connectivity index (χ0n) is 9.02. The third kappa shape index (κ3) is 5.53. The summed E-state index contributed by atoms with van der Waals surface area (Å²) >= 11 is 0. The largest absolute Gasteiger partial charge is 0.354 e. The predicted molar refractivity (Wildman–Crippen MR) is 54.8 cm³/mol. The van der Waals surface area contributed by atoms with Crippen molar-refractivity contribution in [2.45, 2.75) is 26.3 Å². The molecule has 82 valence electrons. The minimum absolute atomic E-state index is 0.142. The summed E-state index contributed by atoms with van der Waals surface area (Å²) < 4.78 is 0. The molecule has 1 unspecified atom stereocenters. The van der Waals surface area contributed by atoms with Crippen LogP contribution in [0.15, 0.2) is 0 Å². The van der Waals surface area contributed by atoms with Gasteiger partial charge in [-0.25, -0.2) is 0 Å². The summed E-state index contributed by atoms with van der Waals surface area (Å²) in [6, 6.07) is -0.470. The molecule has 5 heteroatoms. The third-order valence-corrected chi connectivity index (χ3v) is 1.66. The lowest BCUT2D eigenvalue weighted by molar-refractivity contribution is -0.128. The maximum atomic E-state index is 11.3. The molecule has 0 rings (SSSR count). The molecular formula is C9H19N3O2. The molecule has 0 aliphatic carbocycles. The first-order valence-electron chi connectivity index (χ1n) is 4.83. The second kappa shape index (κ2) is 7.32. The van der Waals surface area contributed by atoms with Gasteiger partial charge < -0.3 is 16.0 Å². The van der Waals surface area contributed by atoms with Crippen LogP contribution in [-0.2, 0) is 9.59 Å². The molecule has 0 heterocycles. The van der Waals surface area contributed by atoms with Gasteiger partial charge in [0, 0.05) is 6.54 Å². The standard InChI is InChI=1S/C9H19N3O2/c1-4-5-11-9(14)7(2)12-8(13)6-10-3/h7,10H,4-6H2,1-3H3,(H,11,14)(H,12,13). The van der Waals surface area contributed by atoms with Gasteiger partial charge in [-0.2, -0.15) is 0 Å². The van der Waals surface area contributed by atoms with Gasteiger partial charge in [-0.05, 0) is 20.4 Å². The minimum Gasteiger partial charge on any atom is -0.354 e. The van der Waals surface area contributed by atoms with Crippen LogP contribution in [0.2, 0.25) is 0 Å². The number of likely N-dealkylation sites (N-methyl/N-ethyl adjacent to an activating group) is 1. The molecule has 0 spiro atoms. The van der Waals surface area contributed by atoms with Gasteiger partial charge in [0.05, 0.1) is 6.54 Å². The second-order valence-corrected chi connectivity index (χ2v) is 3.11. The first kappa shape index (κ1) is 12.9. The Bertz CT molecular complexity index is 194. The highest BCUT2D eigenvalue weighted by atomic mass is 16.2. The Labute approximate surface area is 84.6 Å². The summed E-state index contributed by atoms with van der Waals surface area (Å²) in [5.41, 5.74) is 0. The van der Waals surface area contributed by atoms with E-state index in [2.05, 4.69) is 16.0 Å². The van der Waals surface area contributed by atoms with Crippen LogP contribution in [0, 0.1) is 0 Å². The molecule has 0 aliphatic heterocycles. The van der Waals surface area contributed by atoms with Crippen LogP contribution in [0.5, 0.6) is 0 Å². The highest BCUT2D eigenvalue weighted by Gasteiger charge is 2.13. The molecule has 0 aromatic heterocycles. The Balaban J connectivity index is 3.76. The smallest absolute Gasteiger partial charge is 0.242 e. The molecular weight excluding hydrogens is 182 g/mol. The van der Waals surface area contributed by atoms with Gasteiger partial charge in [0.15, 0.2) is 0 Å². The molecule has 3 N–H and O–H groups in total. The van der Waals surface area contributed by atoms with Crippen LogP contribution in [0.25, 0.3) is 0 Å². The molecule has 5 nitrogen and oxygen atoms in total. The molecule has 0 saturated heterocycles. The van der Waals surface area contributed by atoms with Crippen LogP contribution in [0.1, 0.15) is 20.3 Å². The Morgan fingerprint density at radius 3 is 2.50 bits per heavy atom. The number of hydrogen-bond donors (Lipinski definition) is 3. The molecule has 0 radical (unpaired) electrons. The lowest BCUT2D eigenvalue weighted by Gasteiger charge is -2.13. The maximum absolute atomic E-state index is 11.3. The van der Waals surface area contributed by atoms with E-state index in [0.29, 0.717) is 6.54 Å². The van der Waals surface area contributed by atoms with Gasteiger partial charge in [-0.15, -0.1) is 0 Å². The normalized spacial score (nSPS) is 11.9. The second-order valence-electron chi connectivity index (χ2n) is 3.11. The first-order chi connectivity index (χ1) is 6.61. The third-order valence-electron chi connectivity index (χ3n) is 1.66. The molecule has 1 atom stereocenters. The van der Waals surface area contributed by atoms with Gasteiger partial charge >= 0.3 is 0 Å². The molecule has 0 fully saturated rings. The summed E-state index contributed by atoms with van der Waals surface area (Å²) in [6.07, 6.45) is 0.892. The monoisotopic (exact) mass is 201 g/mol. The fourth-order valence-corrected chi connectivity index (χ4v) is 0.920. The van der Waals surface area contributed by atoms with Crippen LogP contribution < -0.4 is 16.0 Å². The summed E-state index contributed by atoms with van der Waals surface area (Å²) in [5.74, 6) is -0.317. The fourth-order valence-electron chi connectivity index (χ4n) is 0.920. The number of rotatable bonds is 6. The highest BCUT2D eigenvalue weighted by molar-refractivity contribution is 5.87. The van der Waals surface area contributed by atoms with Crippen molar-refractivity contribution in [2.75, 3.05) is 20.1 Å². The molecule has 0 saturated carbocycles. The molecule has 0 aliphatic rings. The van der Waals surface area contributed by atoms with Crippen LogP contribution in [-0.4, -0.2) is 38.0 Å². The molecule has 0 aromatic carbocycles. The van der Waals surface area contributed by atoms with Gasteiger partial charge in [-0.3, -0.25) is 9.59 Å². The van der Waals surface area contributed by atoms with Crippen LogP contribution in [0.4, 0.5) is 0 Å². The molecule has 2 amide bonds. The van der Waals surface area contributed by atoms with Crippen molar-refractivity contribution in [3.05, 3.63) is 0 Å². The predicted octanol–water partition coefficient (Wildman–Crippen LogP) is -0.763. The molecule has 14 heavy (non-hydrogen) atoms. The summed E-state index contributed by atoms with van der Waals surface area (Å²) in [7, 11) is 1.68. The van der Waals surface area contributed by atoms with E-state index in [-0.39, 0.29) is 18.4 Å². The van der Waals surface area contributed by atoms with Gasteiger partial charge in [0.2, 0.25) is 11.8 Å². The van der Waals surface area contributed by atoms with Crippen molar-refractivity contribution in [3.8, 4) is 0 Å². The lowest BCUT2D eigenvalue weighted by atomic mass is 10.3. The quantitative estimate of drug-likeness (QED) is 0.529. The van der Waals surface area contributed by atoms with Crippen molar-refractivity contribution < 1.29 is 9.59 Å².